The van der Waals surface area contributed by atoms with Crippen LogP contribution in [0.5, 0.6) is 5.75 Å². The van der Waals surface area contributed by atoms with Crippen molar-refractivity contribution in [2.24, 2.45) is 0 Å². The van der Waals surface area contributed by atoms with Crippen molar-refractivity contribution >= 4 is 22.6 Å². The lowest BCUT2D eigenvalue weighted by Crippen LogP contribution is -2.25. The van der Waals surface area contributed by atoms with E-state index in [9.17, 15) is 20.0 Å². The van der Waals surface area contributed by atoms with E-state index in [2.05, 4.69) is 10.3 Å². The van der Waals surface area contributed by atoms with Crippen LogP contribution in [0.2, 0.25) is 0 Å². The molecule has 3 rings (SSSR count). The Balaban J connectivity index is 1.82. The lowest BCUT2D eigenvalue weighted by Gasteiger charge is -2.08. The van der Waals surface area contributed by atoms with Crippen molar-refractivity contribution in [2.45, 2.75) is 6.67 Å². The predicted molar refractivity (Wildman–Crippen MR) is 82.0 cm³/mol. The van der Waals surface area contributed by atoms with Crippen molar-refractivity contribution in [1.82, 2.24) is 14.9 Å². The smallest absolute Gasteiger partial charge is 0.271 e. The Morgan fingerprint density at radius 1 is 1.30 bits per heavy atom. The van der Waals surface area contributed by atoms with Gasteiger partial charge in [-0.15, -0.1) is 0 Å². The van der Waals surface area contributed by atoms with Crippen LogP contribution in [0.1, 0.15) is 10.4 Å². The van der Waals surface area contributed by atoms with Crippen molar-refractivity contribution < 1.29 is 14.8 Å². The zero-order chi connectivity index (χ0) is 16.4. The molecule has 3 aromatic rings. The van der Waals surface area contributed by atoms with Gasteiger partial charge >= 0.3 is 0 Å². The second-order valence-corrected chi connectivity index (χ2v) is 4.83. The molecule has 116 valence electrons. The molecule has 0 radical (unpaired) electrons. The lowest BCUT2D eigenvalue weighted by atomic mass is 10.2. The van der Waals surface area contributed by atoms with E-state index in [1.54, 1.807) is 22.8 Å². The van der Waals surface area contributed by atoms with Gasteiger partial charge in [0.25, 0.3) is 11.6 Å². The number of nitro groups is 1. The van der Waals surface area contributed by atoms with Gasteiger partial charge in [-0.05, 0) is 18.2 Å². The van der Waals surface area contributed by atoms with E-state index in [-0.39, 0.29) is 23.7 Å². The van der Waals surface area contributed by atoms with Crippen LogP contribution in [0.3, 0.4) is 0 Å². The third-order valence-corrected chi connectivity index (χ3v) is 3.37. The van der Waals surface area contributed by atoms with Crippen LogP contribution in [-0.4, -0.2) is 25.5 Å². The standard InChI is InChI=1S/C15H12N4O4/c20-14-4-2-1-3-11(14)15(21)17-9-18-8-16-12-6-5-10(19(22)23)7-13(12)18/h1-8,20H,9H2,(H,17,21). The molecule has 1 aromatic heterocycles. The van der Waals surface area contributed by atoms with Crippen molar-refractivity contribution in [3.8, 4) is 5.75 Å². The Kier molecular flexibility index (Phi) is 3.63. The Morgan fingerprint density at radius 3 is 2.83 bits per heavy atom. The highest BCUT2D eigenvalue weighted by atomic mass is 16.6. The summed E-state index contributed by atoms with van der Waals surface area (Å²) in [7, 11) is 0. The largest absolute Gasteiger partial charge is 0.507 e. The summed E-state index contributed by atoms with van der Waals surface area (Å²) in [6.07, 6.45) is 1.49. The van der Waals surface area contributed by atoms with Crippen LogP contribution in [0.25, 0.3) is 11.0 Å². The molecule has 0 spiro atoms. The molecule has 1 heterocycles. The molecule has 0 saturated heterocycles. The Hall–Kier alpha value is -3.42. The Morgan fingerprint density at radius 2 is 2.09 bits per heavy atom. The molecule has 2 N–H and O–H groups in total. The topological polar surface area (TPSA) is 110 Å². The maximum Gasteiger partial charge on any atom is 0.271 e. The van der Waals surface area contributed by atoms with Crippen molar-refractivity contribution in [3.63, 3.8) is 0 Å². The third kappa shape index (κ3) is 2.82. The molecule has 0 unspecified atom stereocenters. The number of aromatic nitrogens is 2. The Labute approximate surface area is 130 Å². The quantitative estimate of drug-likeness (QED) is 0.566. The van der Waals surface area contributed by atoms with Crippen molar-refractivity contribution in [1.29, 1.82) is 0 Å². The van der Waals surface area contributed by atoms with Gasteiger partial charge in [0, 0.05) is 12.1 Å². The minimum absolute atomic E-state index is 0.0497. The predicted octanol–water partition coefficient (Wildman–Crippen LogP) is 2.04. The fourth-order valence-electron chi connectivity index (χ4n) is 2.20. The van der Waals surface area contributed by atoms with Crippen LogP contribution in [0, 0.1) is 10.1 Å². The number of phenols is 1. The second kappa shape index (κ2) is 5.76. The van der Waals surface area contributed by atoms with Gasteiger partial charge < -0.3 is 15.0 Å². The number of non-ortho nitro benzene ring substituents is 1. The van der Waals surface area contributed by atoms with Gasteiger partial charge in [0.05, 0.1) is 34.5 Å². The molecular formula is C15H12N4O4. The summed E-state index contributed by atoms with van der Waals surface area (Å²) < 4.78 is 1.58. The van der Waals surface area contributed by atoms with Gasteiger partial charge in [0.15, 0.2) is 0 Å². The molecule has 8 nitrogen and oxygen atoms in total. The van der Waals surface area contributed by atoms with Crippen LogP contribution >= 0.6 is 0 Å². The molecule has 0 saturated carbocycles. The number of fused-ring (bicyclic) bond motifs is 1. The molecule has 0 bridgehead atoms. The molecule has 2 aromatic carbocycles. The number of nitro benzene ring substituents is 1. The van der Waals surface area contributed by atoms with Crippen molar-refractivity contribution in [2.75, 3.05) is 0 Å². The van der Waals surface area contributed by atoms with E-state index < -0.39 is 10.8 Å². The number of aromatic hydroxyl groups is 1. The van der Waals surface area contributed by atoms with E-state index >= 15 is 0 Å². The number of hydrogen-bond acceptors (Lipinski definition) is 5. The number of benzene rings is 2. The van der Waals surface area contributed by atoms with Crippen molar-refractivity contribution in [3.05, 3.63) is 64.5 Å². The summed E-state index contributed by atoms with van der Waals surface area (Å²) in [5, 5.41) is 23.1. The first kappa shape index (κ1) is 14.5. The van der Waals surface area contributed by atoms with Gasteiger partial charge in [-0.2, -0.15) is 0 Å². The highest BCUT2D eigenvalue weighted by Gasteiger charge is 2.12. The van der Waals surface area contributed by atoms with Gasteiger partial charge in [-0.25, -0.2) is 4.98 Å². The molecular weight excluding hydrogens is 300 g/mol. The summed E-state index contributed by atoms with van der Waals surface area (Å²) in [5.41, 5.74) is 1.23. The molecule has 0 aliphatic heterocycles. The molecule has 8 heteroatoms. The first-order valence-electron chi connectivity index (χ1n) is 6.72. The number of nitrogens with zero attached hydrogens (tertiary/aromatic N) is 3. The Bertz CT molecular complexity index is 903. The summed E-state index contributed by atoms with van der Waals surface area (Å²) in [6, 6.07) is 10.5. The van der Waals surface area contributed by atoms with Crippen LogP contribution in [0.15, 0.2) is 48.8 Å². The molecule has 23 heavy (non-hydrogen) atoms. The number of para-hydroxylation sites is 1. The number of nitrogens with one attached hydrogen (secondary N) is 1. The van der Waals surface area contributed by atoms with Gasteiger partial charge in [0.1, 0.15) is 5.75 Å². The highest BCUT2D eigenvalue weighted by molar-refractivity contribution is 5.96. The number of carbonyl (C=O) groups excluding carboxylic acids is 1. The SMILES string of the molecule is O=C(NCn1cnc2ccc([N+](=O)[O-])cc21)c1ccccc1O. The molecule has 0 aliphatic carbocycles. The lowest BCUT2D eigenvalue weighted by molar-refractivity contribution is -0.384. The monoisotopic (exact) mass is 312 g/mol. The average Bonchev–Trinajstić information content (AvgIpc) is 2.95. The summed E-state index contributed by atoms with van der Waals surface area (Å²) in [5.74, 6) is -0.563. The van der Waals surface area contributed by atoms with E-state index in [4.69, 9.17) is 0 Å². The van der Waals surface area contributed by atoms with Gasteiger partial charge in [-0.3, -0.25) is 14.9 Å². The summed E-state index contributed by atoms with van der Waals surface area (Å²) in [4.78, 5) is 26.5. The summed E-state index contributed by atoms with van der Waals surface area (Å²) in [6.45, 7) is 0.0742. The van der Waals surface area contributed by atoms with E-state index in [1.165, 1.54) is 30.6 Å². The minimum atomic E-state index is -0.489. The van der Waals surface area contributed by atoms with E-state index in [0.717, 1.165) is 0 Å². The van der Waals surface area contributed by atoms with Gasteiger partial charge in [-0.1, -0.05) is 12.1 Å². The fraction of sp³-hybridized carbons (Fsp3) is 0.0667. The molecule has 0 fully saturated rings. The molecule has 0 aliphatic rings. The molecule has 0 atom stereocenters. The number of imidazole rings is 1. The third-order valence-electron chi connectivity index (χ3n) is 3.37. The zero-order valence-corrected chi connectivity index (χ0v) is 11.8. The summed E-state index contributed by atoms with van der Waals surface area (Å²) >= 11 is 0. The van der Waals surface area contributed by atoms with Crippen LogP contribution < -0.4 is 5.32 Å². The maximum atomic E-state index is 12.1. The molecule has 1 amide bonds. The number of hydrogen-bond donors (Lipinski definition) is 2. The van der Waals surface area contributed by atoms with Crippen LogP contribution in [0.4, 0.5) is 5.69 Å². The van der Waals surface area contributed by atoms with Gasteiger partial charge in [0.2, 0.25) is 0 Å². The number of phenolic OH excluding ortho intramolecular Hbond substituents is 1. The average molecular weight is 312 g/mol. The normalized spacial score (nSPS) is 10.6. The fourth-order valence-corrected chi connectivity index (χ4v) is 2.20. The maximum absolute atomic E-state index is 12.1. The van der Waals surface area contributed by atoms with E-state index in [0.29, 0.717) is 11.0 Å². The first-order chi connectivity index (χ1) is 11.1. The second-order valence-electron chi connectivity index (χ2n) is 4.83. The van der Waals surface area contributed by atoms with Crippen LogP contribution in [-0.2, 0) is 6.67 Å². The number of carbonyl (C=O) groups is 1. The zero-order valence-electron chi connectivity index (χ0n) is 11.8. The van der Waals surface area contributed by atoms with E-state index in [1.807, 2.05) is 0 Å². The highest BCUT2D eigenvalue weighted by Crippen LogP contribution is 2.20. The number of amides is 1. The first-order valence-corrected chi connectivity index (χ1v) is 6.72. The minimum Gasteiger partial charge on any atom is -0.507 e. The number of rotatable bonds is 4.